The first-order valence-electron chi connectivity index (χ1n) is 5.66. The van der Waals surface area contributed by atoms with Crippen molar-refractivity contribution in [2.75, 3.05) is 12.3 Å². The van der Waals surface area contributed by atoms with Crippen LogP contribution in [-0.2, 0) is 9.59 Å². The Balaban J connectivity index is 4.21. The number of aliphatic hydroxyl groups is 1. The van der Waals surface area contributed by atoms with Crippen molar-refractivity contribution in [2.24, 2.45) is 5.73 Å². The van der Waals surface area contributed by atoms with E-state index >= 15 is 0 Å². The predicted molar refractivity (Wildman–Crippen MR) is 82.1 cm³/mol. The number of aliphatic carboxylic acids is 1. The average Bonchev–Trinajstić information content (AvgIpc) is 2.38. The minimum absolute atomic E-state index is 0.0303. The standard InChI is InChI=1S/C10H17N3O4SSe2/c11-5(10(17)20)1-2-7(19)13-6(4-18)9(16)12-3-8(14)15/h5-6,18H,1-4,11H2,(H,12,16)(H,13,19)(H,14,15)(H,17,20)/t5-,6-/m0/s1. The molecular formula is C10H17N3O4SSe2. The molecule has 20 heavy (non-hydrogen) atoms. The van der Waals surface area contributed by atoms with Crippen molar-refractivity contribution in [2.45, 2.75) is 24.9 Å². The number of carbonyl (C=O) groups is 2. The summed E-state index contributed by atoms with van der Waals surface area (Å²) >= 11 is 9.25. The van der Waals surface area contributed by atoms with Gasteiger partial charge in [0.1, 0.15) is 0 Å². The zero-order valence-electron chi connectivity index (χ0n) is 10.5. The zero-order valence-corrected chi connectivity index (χ0v) is 14.9. The van der Waals surface area contributed by atoms with Gasteiger partial charge in [-0.15, -0.1) is 0 Å². The third-order valence-electron chi connectivity index (χ3n) is 2.25. The third kappa shape index (κ3) is 8.73. The van der Waals surface area contributed by atoms with E-state index < -0.39 is 30.5 Å². The summed E-state index contributed by atoms with van der Waals surface area (Å²) in [5, 5.41) is 22.8. The van der Waals surface area contributed by atoms with Gasteiger partial charge >= 0.3 is 138 Å². The van der Waals surface area contributed by atoms with Gasteiger partial charge in [-0.05, 0) is 0 Å². The van der Waals surface area contributed by atoms with Gasteiger partial charge < -0.3 is 0 Å². The summed E-state index contributed by atoms with van der Waals surface area (Å²) in [7, 11) is 0. The number of nitrogens with one attached hydrogen (secondary N) is 2. The Kier molecular flexibility index (Phi) is 10.2. The molecule has 7 nitrogen and oxygen atoms in total. The number of nitrogens with two attached hydrogens (primary N) is 1. The van der Waals surface area contributed by atoms with E-state index in [9.17, 15) is 9.59 Å². The fraction of sp³-hybridized carbons (Fsp3) is 0.600. The molecule has 0 bridgehead atoms. The van der Waals surface area contributed by atoms with Crippen molar-refractivity contribution >= 4 is 64.8 Å². The van der Waals surface area contributed by atoms with Crippen molar-refractivity contribution in [3.8, 4) is 0 Å². The Bertz CT molecular complexity index is 395. The first-order valence-corrected chi connectivity index (χ1v) is 8.00. The topological polar surface area (TPSA) is 125 Å². The van der Waals surface area contributed by atoms with Crippen molar-refractivity contribution in [1.82, 2.24) is 10.6 Å². The van der Waals surface area contributed by atoms with Crippen molar-refractivity contribution in [3.05, 3.63) is 0 Å². The zero-order chi connectivity index (χ0) is 15.7. The maximum atomic E-state index is 11.7. The van der Waals surface area contributed by atoms with Crippen LogP contribution in [0.1, 0.15) is 12.8 Å². The normalized spacial score (nSPS) is 13.1. The van der Waals surface area contributed by atoms with Gasteiger partial charge in [-0.3, -0.25) is 0 Å². The van der Waals surface area contributed by atoms with E-state index in [0.717, 1.165) is 0 Å². The Morgan fingerprint density at radius 2 is 1.90 bits per heavy atom. The van der Waals surface area contributed by atoms with Crippen LogP contribution in [-0.4, -0.2) is 86.8 Å². The maximum absolute atomic E-state index is 11.7. The van der Waals surface area contributed by atoms with E-state index in [2.05, 4.69) is 54.4 Å². The van der Waals surface area contributed by atoms with Crippen LogP contribution in [0.5, 0.6) is 0 Å². The minimum atomic E-state index is -1.11. The summed E-state index contributed by atoms with van der Waals surface area (Å²) in [5.74, 6) is -1.35. The molecule has 6 N–H and O–H groups in total. The molecule has 2 atom stereocenters. The van der Waals surface area contributed by atoms with Crippen LogP contribution >= 0.6 is 12.6 Å². The molecule has 0 radical (unpaired) electrons. The van der Waals surface area contributed by atoms with Gasteiger partial charge in [0.15, 0.2) is 0 Å². The van der Waals surface area contributed by atoms with E-state index in [1.165, 1.54) is 0 Å². The van der Waals surface area contributed by atoms with E-state index in [1.807, 2.05) is 0 Å². The number of carbonyl (C=O) groups excluding carboxylic acids is 1. The molecule has 0 aromatic carbocycles. The molecular weight excluding hydrogens is 416 g/mol. The van der Waals surface area contributed by atoms with Crippen molar-refractivity contribution in [3.63, 3.8) is 0 Å². The SMILES string of the molecule is N[C@@H](CCC(=[Se])N[C@@H](CS)C(=O)NCC(=O)O)C(O)=[Se]. The third-order valence-corrected chi connectivity index (χ3v) is 3.92. The number of rotatable bonds is 10. The molecule has 0 aliphatic carbocycles. The summed E-state index contributed by atoms with van der Waals surface area (Å²) in [4.78, 5) is 22.0. The summed E-state index contributed by atoms with van der Waals surface area (Å²) in [6.45, 7) is -0.438. The summed E-state index contributed by atoms with van der Waals surface area (Å²) in [6, 6.07) is -1.12. The Labute approximate surface area is 138 Å². The van der Waals surface area contributed by atoms with Gasteiger partial charge in [0.25, 0.3) is 0 Å². The van der Waals surface area contributed by atoms with Crippen LogP contribution in [0.3, 0.4) is 0 Å². The number of carboxylic acid groups (broad SMARTS) is 1. The molecule has 0 aromatic heterocycles. The second-order valence-electron chi connectivity index (χ2n) is 3.90. The summed E-state index contributed by atoms with van der Waals surface area (Å²) < 4.78 is 0.717. The number of carboxylic acids is 1. The number of hydrogen-bond donors (Lipinski definition) is 6. The van der Waals surface area contributed by atoms with Crippen LogP contribution in [0.25, 0.3) is 0 Å². The van der Waals surface area contributed by atoms with Gasteiger partial charge in [-0.25, -0.2) is 0 Å². The molecule has 0 aliphatic heterocycles. The van der Waals surface area contributed by atoms with Gasteiger partial charge in [-0.1, -0.05) is 0 Å². The van der Waals surface area contributed by atoms with Crippen LogP contribution in [0.2, 0.25) is 0 Å². The van der Waals surface area contributed by atoms with Crippen molar-refractivity contribution < 1.29 is 19.8 Å². The van der Waals surface area contributed by atoms with Crippen LogP contribution in [0.4, 0.5) is 0 Å². The van der Waals surface area contributed by atoms with E-state index in [0.29, 0.717) is 17.4 Å². The fourth-order valence-electron chi connectivity index (χ4n) is 1.16. The molecule has 0 aromatic rings. The molecule has 114 valence electrons. The van der Waals surface area contributed by atoms with Gasteiger partial charge in [0.05, 0.1) is 0 Å². The molecule has 0 heterocycles. The molecule has 0 saturated heterocycles. The first-order chi connectivity index (χ1) is 9.27. The van der Waals surface area contributed by atoms with Crippen LogP contribution < -0.4 is 16.4 Å². The van der Waals surface area contributed by atoms with Crippen molar-refractivity contribution in [1.29, 1.82) is 0 Å². The number of amides is 1. The molecule has 0 fully saturated rings. The summed E-state index contributed by atoms with van der Waals surface area (Å²) in [6.07, 6.45) is 1.01. The number of hydrogen-bond acceptors (Lipinski definition) is 6. The Morgan fingerprint density at radius 1 is 1.30 bits per heavy atom. The first kappa shape index (κ1) is 19.6. The number of thiol groups is 1. The van der Waals surface area contributed by atoms with Crippen LogP contribution in [0.15, 0.2) is 0 Å². The number of aliphatic hydroxyl groups excluding tert-OH is 1. The quantitative estimate of drug-likeness (QED) is 0.163. The molecule has 0 saturated carbocycles. The van der Waals surface area contributed by atoms with Gasteiger partial charge in [0.2, 0.25) is 0 Å². The molecule has 0 rings (SSSR count). The van der Waals surface area contributed by atoms with E-state index in [1.54, 1.807) is 0 Å². The van der Waals surface area contributed by atoms with Gasteiger partial charge in [0, 0.05) is 0 Å². The predicted octanol–water partition coefficient (Wildman–Crippen LogP) is -2.85. The van der Waals surface area contributed by atoms with Crippen LogP contribution in [0, 0.1) is 0 Å². The summed E-state index contributed by atoms with van der Waals surface area (Å²) in [5.41, 5.74) is 5.64. The average molecular weight is 433 g/mol. The molecule has 0 unspecified atom stereocenters. The Morgan fingerprint density at radius 3 is 2.35 bits per heavy atom. The van der Waals surface area contributed by atoms with E-state index in [4.69, 9.17) is 15.9 Å². The Hall–Kier alpha value is -0.371. The molecule has 0 aliphatic rings. The molecule has 10 heteroatoms. The molecule has 1 amide bonds. The monoisotopic (exact) mass is 435 g/mol. The molecule has 0 spiro atoms. The van der Waals surface area contributed by atoms with E-state index in [-0.39, 0.29) is 10.4 Å². The van der Waals surface area contributed by atoms with Gasteiger partial charge in [-0.2, -0.15) is 0 Å². The second-order valence-corrected chi connectivity index (χ2v) is 6.17. The second kappa shape index (κ2) is 10.4. The fourth-order valence-corrected chi connectivity index (χ4v) is 2.21.